The third kappa shape index (κ3) is 4.94. The van der Waals surface area contributed by atoms with Crippen molar-refractivity contribution < 1.29 is 23.2 Å². The Labute approximate surface area is 131 Å². The van der Waals surface area contributed by atoms with Gasteiger partial charge in [-0.2, -0.15) is 0 Å². The number of nitro groups is 1. The van der Waals surface area contributed by atoms with Gasteiger partial charge in [-0.15, -0.1) is 0 Å². The van der Waals surface area contributed by atoms with E-state index in [0.29, 0.717) is 4.47 Å². The first-order chi connectivity index (χ1) is 9.68. The van der Waals surface area contributed by atoms with E-state index in [2.05, 4.69) is 15.9 Å². The van der Waals surface area contributed by atoms with Gasteiger partial charge in [-0.05, 0) is 13.0 Å². The van der Waals surface area contributed by atoms with Crippen molar-refractivity contribution in [2.45, 2.75) is 20.0 Å². The van der Waals surface area contributed by atoms with E-state index in [-0.39, 0.29) is 35.1 Å². The molecule has 1 aromatic rings. The van der Waals surface area contributed by atoms with Crippen LogP contribution in [0.1, 0.15) is 25.5 Å². The molecule has 0 heterocycles. The van der Waals surface area contributed by atoms with Crippen LogP contribution in [0.25, 0.3) is 0 Å². The van der Waals surface area contributed by atoms with Crippen LogP contribution in [0.3, 0.4) is 0 Å². The van der Waals surface area contributed by atoms with Crippen molar-refractivity contribution in [2.24, 2.45) is 0 Å². The Morgan fingerprint density at radius 1 is 1.48 bits per heavy atom. The van der Waals surface area contributed by atoms with Gasteiger partial charge in [0, 0.05) is 21.9 Å². The highest BCUT2D eigenvalue weighted by atomic mass is 79.9. The lowest BCUT2D eigenvalue weighted by atomic mass is 10.1. The summed E-state index contributed by atoms with van der Waals surface area (Å²) < 4.78 is 28.5. The van der Waals surface area contributed by atoms with E-state index in [1.165, 1.54) is 26.0 Å². The summed E-state index contributed by atoms with van der Waals surface area (Å²) in [5, 5.41) is 20.8. The Hall–Kier alpha value is -1.19. The van der Waals surface area contributed by atoms with Crippen LogP contribution in [0.5, 0.6) is 5.75 Å². The van der Waals surface area contributed by atoms with E-state index in [1.807, 2.05) is 0 Å². The first-order valence-electron chi connectivity index (χ1n) is 6.17. The zero-order valence-corrected chi connectivity index (χ0v) is 14.0. The normalized spacial score (nSPS) is 13.0. The maximum Gasteiger partial charge on any atom is 0.312 e. The maximum absolute atomic E-state index is 11.4. The van der Waals surface area contributed by atoms with Crippen molar-refractivity contribution in [3.63, 3.8) is 0 Å². The zero-order chi connectivity index (χ0) is 16.2. The summed E-state index contributed by atoms with van der Waals surface area (Å²) in [6.07, 6.45) is -0.987. The number of sulfone groups is 1. The molecule has 9 heteroatoms. The van der Waals surface area contributed by atoms with Crippen LogP contribution in [0.15, 0.2) is 16.6 Å². The fraction of sp³-hybridized carbons (Fsp3) is 0.500. The lowest BCUT2D eigenvalue weighted by Crippen LogP contribution is -2.16. The number of hydrogen-bond acceptors (Lipinski definition) is 6. The maximum atomic E-state index is 11.4. The molecule has 0 spiro atoms. The highest BCUT2D eigenvalue weighted by Gasteiger charge is 2.23. The Bertz CT molecular complexity index is 629. The van der Waals surface area contributed by atoms with Crippen LogP contribution in [0.2, 0.25) is 0 Å². The molecular weight excluding hydrogens is 366 g/mol. The molecule has 21 heavy (non-hydrogen) atoms. The summed E-state index contributed by atoms with van der Waals surface area (Å²) in [5.41, 5.74) is -0.0980. The van der Waals surface area contributed by atoms with E-state index in [0.717, 1.165) is 0 Å². The Morgan fingerprint density at radius 2 is 2.10 bits per heavy atom. The third-order valence-corrected chi connectivity index (χ3v) is 4.92. The lowest BCUT2D eigenvalue weighted by molar-refractivity contribution is -0.386. The molecule has 1 aromatic carbocycles. The summed E-state index contributed by atoms with van der Waals surface area (Å²) in [6, 6.07) is 2.75. The van der Waals surface area contributed by atoms with Crippen LogP contribution >= 0.6 is 15.9 Å². The van der Waals surface area contributed by atoms with Gasteiger partial charge in [0.2, 0.25) is 5.75 Å². The predicted octanol–water partition coefficient (Wildman–Crippen LogP) is 2.22. The summed E-state index contributed by atoms with van der Waals surface area (Å²) in [4.78, 5) is 10.4. The van der Waals surface area contributed by atoms with E-state index < -0.39 is 20.9 Å². The van der Waals surface area contributed by atoms with Gasteiger partial charge in [0.25, 0.3) is 0 Å². The van der Waals surface area contributed by atoms with Crippen molar-refractivity contribution in [3.8, 4) is 5.75 Å². The van der Waals surface area contributed by atoms with E-state index >= 15 is 0 Å². The zero-order valence-electron chi connectivity index (χ0n) is 11.6. The Kier molecular flexibility index (Phi) is 6.11. The second kappa shape index (κ2) is 7.19. The average Bonchev–Trinajstić information content (AvgIpc) is 2.39. The first kappa shape index (κ1) is 17.9. The number of rotatable bonds is 7. The van der Waals surface area contributed by atoms with E-state index in [1.54, 1.807) is 0 Å². The molecule has 0 aliphatic heterocycles. The molecule has 0 fully saturated rings. The van der Waals surface area contributed by atoms with Crippen molar-refractivity contribution >= 4 is 31.5 Å². The van der Waals surface area contributed by atoms with Crippen molar-refractivity contribution in [3.05, 3.63) is 32.3 Å². The largest absolute Gasteiger partial charge is 0.485 e. The first-order valence-corrected chi connectivity index (χ1v) is 8.78. The van der Waals surface area contributed by atoms with Gasteiger partial charge >= 0.3 is 5.69 Å². The van der Waals surface area contributed by atoms with E-state index in [9.17, 15) is 23.6 Å². The standard InChI is InChI=1S/C12H16BrNO6S/c1-3-21(18,19)5-4-20-12-10(8(2)15)6-9(13)7-11(12)14(16)17/h6-8,15H,3-5H2,1-2H3. The third-order valence-electron chi connectivity index (χ3n) is 2.79. The van der Waals surface area contributed by atoms with Crippen LogP contribution in [-0.4, -0.2) is 36.6 Å². The lowest BCUT2D eigenvalue weighted by Gasteiger charge is -2.14. The molecule has 1 atom stereocenters. The van der Waals surface area contributed by atoms with E-state index in [4.69, 9.17) is 4.74 Å². The molecule has 0 bridgehead atoms. The SMILES string of the molecule is CCS(=O)(=O)CCOc1c(C(C)O)cc(Br)cc1[N+](=O)[O-]. The summed E-state index contributed by atoms with van der Waals surface area (Å²) in [7, 11) is -3.23. The van der Waals surface area contributed by atoms with Crippen molar-refractivity contribution in [1.29, 1.82) is 0 Å². The smallest absolute Gasteiger partial charge is 0.312 e. The number of halogens is 1. The minimum Gasteiger partial charge on any atom is -0.485 e. The summed E-state index contributed by atoms with van der Waals surface area (Å²) >= 11 is 3.13. The minimum atomic E-state index is -3.23. The molecule has 0 aromatic heterocycles. The average molecular weight is 382 g/mol. The minimum absolute atomic E-state index is 0.0257. The molecule has 7 nitrogen and oxygen atoms in total. The number of aliphatic hydroxyl groups is 1. The van der Waals surface area contributed by atoms with Gasteiger partial charge in [0.05, 0.1) is 16.8 Å². The molecule has 1 rings (SSSR count). The monoisotopic (exact) mass is 381 g/mol. The number of benzene rings is 1. The molecule has 1 N–H and O–H groups in total. The van der Waals surface area contributed by atoms with Gasteiger partial charge in [-0.1, -0.05) is 22.9 Å². The number of ether oxygens (including phenoxy) is 1. The molecule has 118 valence electrons. The molecule has 0 saturated carbocycles. The molecule has 0 amide bonds. The van der Waals surface area contributed by atoms with Gasteiger partial charge in [-0.3, -0.25) is 10.1 Å². The van der Waals surface area contributed by atoms with Crippen LogP contribution < -0.4 is 4.74 Å². The Morgan fingerprint density at radius 3 is 2.57 bits per heavy atom. The quantitative estimate of drug-likeness (QED) is 0.573. The summed E-state index contributed by atoms with van der Waals surface area (Å²) in [6.45, 7) is 2.75. The summed E-state index contributed by atoms with van der Waals surface area (Å²) in [5.74, 6) is -0.373. The van der Waals surface area contributed by atoms with Crippen molar-refractivity contribution in [1.82, 2.24) is 0 Å². The molecular formula is C12H16BrNO6S. The number of hydrogen-bond donors (Lipinski definition) is 1. The topological polar surface area (TPSA) is 107 Å². The van der Waals surface area contributed by atoms with Crippen molar-refractivity contribution in [2.75, 3.05) is 18.1 Å². The highest BCUT2D eigenvalue weighted by Crippen LogP contribution is 2.37. The molecule has 0 saturated heterocycles. The van der Waals surface area contributed by atoms with Gasteiger partial charge in [-0.25, -0.2) is 8.42 Å². The molecule has 0 radical (unpaired) electrons. The van der Waals surface area contributed by atoms with Gasteiger partial charge in [0.1, 0.15) is 6.61 Å². The van der Waals surface area contributed by atoms with Gasteiger partial charge < -0.3 is 9.84 Å². The fourth-order valence-corrected chi connectivity index (χ4v) is 2.71. The molecule has 1 unspecified atom stereocenters. The predicted molar refractivity (Wildman–Crippen MR) is 81.3 cm³/mol. The Balaban J connectivity index is 3.11. The molecule has 0 aliphatic rings. The highest BCUT2D eigenvalue weighted by molar-refractivity contribution is 9.10. The number of aliphatic hydroxyl groups excluding tert-OH is 1. The number of nitrogens with zero attached hydrogens (tertiary/aromatic N) is 1. The van der Waals surface area contributed by atoms with Crippen LogP contribution in [0, 0.1) is 10.1 Å². The van der Waals surface area contributed by atoms with Crippen LogP contribution in [0.4, 0.5) is 5.69 Å². The number of nitro benzene ring substituents is 1. The van der Waals surface area contributed by atoms with Gasteiger partial charge in [0.15, 0.2) is 9.84 Å². The second-order valence-corrected chi connectivity index (χ2v) is 7.75. The fourth-order valence-electron chi connectivity index (χ4n) is 1.62. The van der Waals surface area contributed by atoms with Crippen LogP contribution in [-0.2, 0) is 9.84 Å². The second-order valence-electron chi connectivity index (χ2n) is 4.36. The molecule has 0 aliphatic carbocycles.